The summed E-state index contributed by atoms with van der Waals surface area (Å²) in [6, 6.07) is 5.82. The van der Waals surface area contributed by atoms with Gasteiger partial charge in [0.25, 0.3) is 0 Å². The number of nitrogens with zero attached hydrogens (tertiary/aromatic N) is 2. The number of hydrogen-bond donors (Lipinski definition) is 1. The van der Waals surface area contributed by atoms with E-state index < -0.39 is 0 Å². The van der Waals surface area contributed by atoms with Crippen LogP contribution < -0.4 is 10.5 Å². The van der Waals surface area contributed by atoms with Crippen LogP contribution in [-0.2, 0) is 0 Å². The zero-order chi connectivity index (χ0) is 14.0. The minimum Gasteiger partial charge on any atom is -0.496 e. The van der Waals surface area contributed by atoms with Gasteiger partial charge in [0.15, 0.2) is 0 Å². The number of halogens is 1. The normalized spacial score (nSPS) is 12.3. The van der Waals surface area contributed by atoms with Crippen LogP contribution in [0.5, 0.6) is 5.75 Å². The number of rotatable bonds is 3. The van der Waals surface area contributed by atoms with Crippen molar-refractivity contribution in [3.63, 3.8) is 0 Å². The average molecular weight is 261 g/mol. The van der Waals surface area contributed by atoms with Gasteiger partial charge in [-0.05, 0) is 38.1 Å². The number of benzene rings is 1. The number of ether oxygens (including phenoxy) is 1. The van der Waals surface area contributed by atoms with E-state index >= 15 is 0 Å². The summed E-state index contributed by atoms with van der Waals surface area (Å²) >= 11 is 0. The van der Waals surface area contributed by atoms with Crippen molar-refractivity contribution < 1.29 is 9.13 Å². The first kappa shape index (κ1) is 13.4. The van der Waals surface area contributed by atoms with Gasteiger partial charge in [-0.25, -0.2) is 14.4 Å². The van der Waals surface area contributed by atoms with Gasteiger partial charge in [0.05, 0.1) is 18.8 Å². The Labute approximate surface area is 111 Å². The smallest absolute Gasteiger partial charge is 0.145 e. The van der Waals surface area contributed by atoms with E-state index in [1.807, 2.05) is 6.92 Å². The van der Waals surface area contributed by atoms with Gasteiger partial charge in [-0.1, -0.05) is 0 Å². The second kappa shape index (κ2) is 5.32. The Kier molecular flexibility index (Phi) is 3.76. The van der Waals surface area contributed by atoms with Gasteiger partial charge in [-0.2, -0.15) is 0 Å². The molecule has 0 aliphatic carbocycles. The molecule has 2 N–H and O–H groups in total. The maximum absolute atomic E-state index is 13.4. The molecular formula is C14H16FN3O. The molecule has 1 atom stereocenters. The lowest BCUT2D eigenvalue weighted by atomic mass is 10.1. The highest BCUT2D eigenvalue weighted by Crippen LogP contribution is 2.30. The summed E-state index contributed by atoms with van der Waals surface area (Å²) in [5.74, 6) is 0.755. The van der Waals surface area contributed by atoms with Gasteiger partial charge >= 0.3 is 0 Å². The Morgan fingerprint density at radius 2 is 2.00 bits per heavy atom. The van der Waals surface area contributed by atoms with Crippen molar-refractivity contribution in [2.45, 2.75) is 19.9 Å². The molecular weight excluding hydrogens is 245 g/mol. The standard InChI is InChI=1S/C14H16FN3O/c1-8-6-12(18-14(17-8)9(2)16)11-7-10(15)4-5-13(11)19-3/h4-7,9H,16H2,1-3H3. The van der Waals surface area contributed by atoms with E-state index in [0.29, 0.717) is 22.8 Å². The van der Waals surface area contributed by atoms with Crippen LogP contribution >= 0.6 is 0 Å². The molecule has 100 valence electrons. The maximum Gasteiger partial charge on any atom is 0.145 e. The van der Waals surface area contributed by atoms with Crippen molar-refractivity contribution in [3.8, 4) is 17.0 Å². The molecule has 0 fully saturated rings. The topological polar surface area (TPSA) is 61.0 Å². The van der Waals surface area contributed by atoms with E-state index in [-0.39, 0.29) is 11.9 Å². The Hall–Kier alpha value is -2.01. The Balaban J connectivity index is 2.61. The molecule has 2 rings (SSSR count). The van der Waals surface area contributed by atoms with Crippen LogP contribution in [-0.4, -0.2) is 17.1 Å². The number of hydrogen-bond acceptors (Lipinski definition) is 4. The van der Waals surface area contributed by atoms with E-state index in [0.717, 1.165) is 5.69 Å². The molecule has 19 heavy (non-hydrogen) atoms. The fourth-order valence-corrected chi connectivity index (χ4v) is 1.81. The minimum absolute atomic E-state index is 0.279. The van der Waals surface area contributed by atoms with Gasteiger partial charge < -0.3 is 10.5 Å². The molecule has 1 aromatic heterocycles. The third-order valence-corrected chi connectivity index (χ3v) is 2.72. The fourth-order valence-electron chi connectivity index (χ4n) is 1.81. The number of nitrogens with two attached hydrogens (primary N) is 1. The van der Waals surface area contributed by atoms with Gasteiger partial charge in [-0.15, -0.1) is 0 Å². The minimum atomic E-state index is -0.339. The molecule has 0 radical (unpaired) electrons. The van der Waals surface area contributed by atoms with Crippen LogP contribution in [0.3, 0.4) is 0 Å². The third kappa shape index (κ3) is 2.88. The summed E-state index contributed by atoms with van der Waals surface area (Å²) in [5, 5.41) is 0. The largest absolute Gasteiger partial charge is 0.496 e. The van der Waals surface area contributed by atoms with E-state index in [1.54, 1.807) is 19.1 Å². The van der Waals surface area contributed by atoms with Crippen LogP contribution in [0.15, 0.2) is 24.3 Å². The summed E-state index contributed by atoms with van der Waals surface area (Å²) in [6.07, 6.45) is 0. The van der Waals surface area contributed by atoms with Gasteiger partial charge in [0, 0.05) is 11.3 Å². The number of aryl methyl sites for hydroxylation is 1. The summed E-state index contributed by atoms with van der Waals surface area (Å²) in [5.41, 5.74) is 7.78. The van der Waals surface area contributed by atoms with Crippen LogP contribution in [0.1, 0.15) is 24.5 Å². The quantitative estimate of drug-likeness (QED) is 0.922. The van der Waals surface area contributed by atoms with E-state index in [9.17, 15) is 4.39 Å². The van der Waals surface area contributed by atoms with Gasteiger partial charge in [0.1, 0.15) is 17.4 Å². The molecule has 0 saturated carbocycles. The highest BCUT2D eigenvalue weighted by molar-refractivity contribution is 5.67. The summed E-state index contributed by atoms with van der Waals surface area (Å²) in [4.78, 5) is 8.64. The second-order valence-electron chi connectivity index (χ2n) is 4.39. The molecule has 0 bridgehead atoms. The molecule has 1 aromatic carbocycles. The molecule has 0 saturated heterocycles. The SMILES string of the molecule is COc1ccc(F)cc1-c1cc(C)nc(C(C)N)n1. The van der Waals surface area contributed by atoms with Crippen molar-refractivity contribution in [2.24, 2.45) is 5.73 Å². The molecule has 0 spiro atoms. The molecule has 1 heterocycles. The predicted octanol–water partition coefficient (Wildman–Crippen LogP) is 2.62. The first-order valence-corrected chi connectivity index (χ1v) is 5.96. The average Bonchev–Trinajstić information content (AvgIpc) is 2.37. The lowest BCUT2D eigenvalue weighted by molar-refractivity contribution is 0.415. The second-order valence-corrected chi connectivity index (χ2v) is 4.39. The summed E-state index contributed by atoms with van der Waals surface area (Å²) < 4.78 is 18.6. The monoisotopic (exact) mass is 261 g/mol. The van der Waals surface area contributed by atoms with E-state index in [4.69, 9.17) is 10.5 Å². The molecule has 1 unspecified atom stereocenters. The predicted molar refractivity (Wildman–Crippen MR) is 71.3 cm³/mol. The van der Waals surface area contributed by atoms with Crippen molar-refractivity contribution in [3.05, 3.63) is 41.6 Å². The number of aromatic nitrogens is 2. The molecule has 4 nitrogen and oxygen atoms in total. The van der Waals surface area contributed by atoms with Crippen LogP contribution in [0.25, 0.3) is 11.3 Å². The molecule has 0 aliphatic heterocycles. The highest BCUT2D eigenvalue weighted by atomic mass is 19.1. The summed E-state index contributed by atoms with van der Waals surface area (Å²) in [7, 11) is 1.54. The Morgan fingerprint density at radius 1 is 1.26 bits per heavy atom. The molecule has 0 amide bonds. The lowest BCUT2D eigenvalue weighted by Gasteiger charge is -2.11. The number of methoxy groups -OCH3 is 1. The zero-order valence-corrected chi connectivity index (χ0v) is 11.1. The third-order valence-electron chi connectivity index (χ3n) is 2.72. The van der Waals surface area contributed by atoms with E-state index in [1.165, 1.54) is 19.2 Å². The summed E-state index contributed by atoms with van der Waals surface area (Å²) in [6.45, 7) is 3.66. The van der Waals surface area contributed by atoms with Crippen LogP contribution in [0.2, 0.25) is 0 Å². The zero-order valence-electron chi connectivity index (χ0n) is 11.1. The first-order valence-electron chi connectivity index (χ1n) is 5.96. The van der Waals surface area contributed by atoms with E-state index in [2.05, 4.69) is 9.97 Å². The maximum atomic E-state index is 13.4. The Morgan fingerprint density at radius 3 is 2.63 bits per heavy atom. The van der Waals surface area contributed by atoms with Crippen LogP contribution in [0, 0.1) is 12.7 Å². The molecule has 2 aromatic rings. The van der Waals surface area contributed by atoms with Crippen molar-refractivity contribution in [1.29, 1.82) is 0 Å². The molecule has 5 heteroatoms. The van der Waals surface area contributed by atoms with Gasteiger partial charge in [-0.3, -0.25) is 0 Å². The van der Waals surface area contributed by atoms with Crippen molar-refractivity contribution >= 4 is 0 Å². The van der Waals surface area contributed by atoms with Crippen molar-refractivity contribution in [2.75, 3.05) is 7.11 Å². The lowest BCUT2D eigenvalue weighted by Crippen LogP contribution is -2.11. The van der Waals surface area contributed by atoms with Crippen molar-refractivity contribution in [1.82, 2.24) is 9.97 Å². The highest BCUT2D eigenvalue weighted by Gasteiger charge is 2.12. The fraction of sp³-hybridized carbons (Fsp3) is 0.286. The van der Waals surface area contributed by atoms with Crippen LogP contribution in [0.4, 0.5) is 4.39 Å². The molecule has 0 aliphatic rings. The Bertz CT molecular complexity index is 599. The van der Waals surface area contributed by atoms with Gasteiger partial charge in [0.2, 0.25) is 0 Å². The first-order chi connectivity index (χ1) is 9.01.